The summed E-state index contributed by atoms with van der Waals surface area (Å²) in [5.74, 6) is 0. The first-order valence-corrected chi connectivity index (χ1v) is 6.29. The van der Waals surface area contributed by atoms with E-state index in [9.17, 15) is 0 Å². The van der Waals surface area contributed by atoms with Crippen LogP contribution >= 0.6 is 0 Å². The van der Waals surface area contributed by atoms with E-state index in [1.165, 1.54) is 34.7 Å². The van der Waals surface area contributed by atoms with E-state index in [4.69, 9.17) is 0 Å². The molecule has 17 heavy (non-hydrogen) atoms. The normalized spacial score (nSPS) is 11.3. The summed E-state index contributed by atoms with van der Waals surface area (Å²) in [5.41, 5.74) is 2.79. The molecule has 0 saturated carbocycles. The van der Waals surface area contributed by atoms with Gasteiger partial charge >= 0.3 is 0 Å². The standard InChI is InChI=1S/C16H21N/c1-13-6-8-15-9-7-14(12-16(15)11-13)5-4-10-17(2)3/h6-9,11-12H,4-5,10H2,1-3H3. The molecule has 1 nitrogen and oxygen atoms in total. The highest BCUT2D eigenvalue weighted by Gasteiger charge is 1.98. The van der Waals surface area contributed by atoms with Crippen LogP contribution in [0.4, 0.5) is 0 Å². The van der Waals surface area contributed by atoms with E-state index < -0.39 is 0 Å². The van der Waals surface area contributed by atoms with Crippen LogP contribution in [0.2, 0.25) is 0 Å². The van der Waals surface area contributed by atoms with Crippen LogP contribution in [-0.2, 0) is 6.42 Å². The first kappa shape index (κ1) is 12.1. The summed E-state index contributed by atoms with van der Waals surface area (Å²) in [7, 11) is 4.26. The summed E-state index contributed by atoms with van der Waals surface area (Å²) >= 11 is 0. The minimum atomic E-state index is 1.16. The Morgan fingerprint density at radius 1 is 0.941 bits per heavy atom. The minimum absolute atomic E-state index is 1.16. The molecule has 0 aromatic heterocycles. The third-order valence-electron chi connectivity index (χ3n) is 3.13. The molecule has 2 aromatic carbocycles. The van der Waals surface area contributed by atoms with Crippen molar-refractivity contribution in [3.05, 3.63) is 47.5 Å². The van der Waals surface area contributed by atoms with Crippen molar-refractivity contribution in [1.82, 2.24) is 4.90 Å². The van der Waals surface area contributed by atoms with Gasteiger partial charge in [-0.3, -0.25) is 0 Å². The number of rotatable bonds is 4. The molecule has 0 saturated heterocycles. The molecule has 0 amide bonds. The van der Waals surface area contributed by atoms with Crippen molar-refractivity contribution in [3.8, 4) is 0 Å². The largest absolute Gasteiger partial charge is 0.309 e. The highest BCUT2D eigenvalue weighted by Crippen LogP contribution is 2.18. The van der Waals surface area contributed by atoms with Crippen molar-refractivity contribution >= 4 is 10.8 Å². The SMILES string of the molecule is Cc1ccc2ccc(CCCN(C)C)cc2c1. The first-order valence-electron chi connectivity index (χ1n) is 6.29. The molecular weight excluding hydrogens is 206 g/mol. The van der Waals surface area contributed by atoms with Gasteiger partial charge in [0.2, 0.25) is 0 Å². The van der Waals surface area contributed by atoms with E-state index in [1.807, 2.05) is 0 Å². The Morgan fingerprint density at radius 2 is 1.71 bits per heavy atom. The number of aryl methyl sites for hydroxylation is 2. The monoisotopic (exact) mass is 227 g/mol. The quantitative estimate of drug-likeness (QED) is 0.770. The van der Waals surface area contributed by atoms with Crippen LogP contribution in [-0.4, -0.2) is 25.5 Å². The number of hydrogen-bond acceptors (Lipinski definition) is 1. The summed E-state index contributed by atoms with van der Waals surface area (Å²) in [6.45, 7) is 3.31. The van der Waals surface area contributed by atoms with Gasteiger partial charge in [0.25, 0.3) is 0 Å². The molecule has 0 heterocycles. The lowest BCUT2D eigenvalue weighted by molar-refractivity contribution is 0.400. The van der Waals surface area contributed by atoms with E-state index in [-0.39, 0.29) is 0 Å². The van der Waals surface area contributed by atoms with Gasteiger partial charge in [-0.1, -0.05) is 42.0 Å². The molecule has 0 aliphatic heterocycles. The van der Waals surface area contributed by atoms with Gasteiger partial charge in [0, 0.05) is 0 Å². The van der Waals surface area contributed by atoms with E-state index in [2.05, 4.69) is 62.3 Å². The Morgan fingerprint density at radius 3 is 2.47 bits per heavy atom. The van der Waals surface area contributed by atoms with Gasteiger partial charge in [0.05, 0.1) is 0 Å². The van der Waals surface area contributed by atoms with Crippen LogP contribution < -0.4 is 0 Å². The summed E-state index contributed by atoms with van der Waals surface area (Å²) < 4.78 is 0. The fourth-order valence-electron chi connectivity index (χ4n) is 2.17. The topological polar surface area (TPSA) is 3.24 Å². The molecule has 0 N–H and O–H groups in total. The fourth-order valence-corrected chi connectivity index (χ4v) is 2.17. The smallest absolute Gasteiger partial charge is 0.00217 e. The van der Waals surface area contributed by atoms with Crippen molar-refractivity contribution in [2.24, 2.45) is 0 Å². The second-order valence-corrected chi connectivity index (χ2v) is 5.09. The van der Waals surface area contributed by atoms with E-state index >= 15 is 0 Å². The highest BCUT2D eigenvalue weighted by molar-refractivity contribution is 5.83. The molecule has 0 radical (unpaired) electrons. The van der Waals surface area contributed by atoms with Crippen molar-refractivity contribution in [2.45, 2.75) is 19.8 Å². The lowest BCUT2D eigenvalue weighted by atomic mass is 10.0. The summed E-state index contributed by atoms with van der Waals surface area (Å²) in [5, 5.41) is 2.71. The van der Waals surface area contributed by atoms with E-state index in [0.29, 0.717) is 0 Å². The van der Waals surface area contributed by atoms with Crippen LogP contribution in [0.5, 0.6) is 0 Å². The van der Waals surface area contributed by atoms with Crippen molar-refractivity contribution < 1.29 is 0 Å². The molecule has 2 rings (SSSR count). The zero-order chi connectivity index (χ0) is 12.3. The lowest BCUT2D eigenvalue weighted by Gasteiger charge is -2.09. The summed E-state index contributed by atoms with van der Waals surface area (Å²) in [4.78, 5) is 2.24. The van der Waals surface area contributed by atoms with Gasteiger partial charge in [-0.25, -0.2) is 0 Å². The third-order valence-corrected chi connectivity index (χ3v) is 3.13. The van der Waals surface area contributed by atoms with E-state index in [0.717, 1.165) is 6.54 Å². The molecule has 90 valence electrons. The average molecular weight is 227 g/mol. The van der Waals surface area contributed by atoms with E-state index in [1.54, 1.807) is 0 Å². The van der Waals surface area contributed by atoms with Crippen molar-refractivity contribution in [3.63, 3.8) is 0 Å². The van der Waals surface area contributed by atoms with Crippen LogP contribution in [0.1, 0.15) is 17.5 Å². The number of hydrogen-bond donors (Lipinski definition) is 0. The van der Waals surface area contributed by atoms with Gasteiger partial charge in [-0.2, -0.15) is 0 Å². The second kappa shape index (κ2) is 5.33. The van der Waals surface area contributed by atoms with Crippen LogP contribution in [0.3, 0.4) is 0 Å². The highest BCUT2D eigenvalue weighted by atomic mass is 15.0. The van der Waals surface area contributed by atoms with Gasteiger partial charge in [0.15, 0.2) is 0 Å². The van der Waals surface area contributed by atoms with Crippen LogP contribution in [0.15, 0.2) is 36.4 Å². The number of nitrogens with zero attached hydrogens (tertiary/aromatic N) is 1. The van der Waals surface area contributed by atoms with Gasteiger partial charge in [0.1, 0.15) is 0 Å². The van der Waals surface area contributed by atoms with Crippen molar-refractivity contribution in [1.29, 1.82) is 0 Å². The molecular formula is C16H21N. The first-order chi connectivity index (χ1) is 8.15. The second-order valence-electron chi connectivity index (χ2n) is 5.09. The average Bonchev–Trinajstić information content (AvgIpc) is 2.28. The Kier molecular flexibility index (Phi) is 3.80. The maximum absolute atomic E-state index is 2.33. The molecule has 0 aliphatic carbocycles. The lowest BCUT2D eigenvalue weighted by Crippen LogP contribution is -2.13. The Labute approximate surface area is 104 Å². The zero-order valence-corrected chi connectivity index (χ0v) is 11.0. The summed E-state index contributed by atoms with van der Waals surface area (Å²) in [6.07, 6.45) is 2.40. The molecule has 0 fully saturated rings. The predicted octanol–water partition coefficient (Wildman–Crippen LogP) is 3.64. The van der Waals surface area contributed by atoms with Gasteiger partial charge in [-0.15, -0.1) is 0 Å². The van der Waals surface area contributed by atoms with Crippen LogP contribution in [0, 0.1) is 6.92 Å². The Hall–Kier alpha value is -1.34. The fraction of sp³-hybridized carbons (Fsp3) is 0.375. The molecule has 0 bridgehead atoms. The van der Waals surface area contributed by atoms with Gasteiger partial charge in [-0.05, 0) is 56.7 Å². The molecule has 0 aliphatic rings. The Bertz CT molecular complexity index is 500. The molecule has 2 aromatic rings. The number of fused-ring (bicyclic) bond motifs is 1. The zero-order valence-electron chi connectivity index (χ0n) is 11.0. The maximum Gasteiger partial charge on any atom is -0.00217 e. The molecule has 1 heteroatoms. The predicted molar refractivity (Wildman–Crippen MR) is 75.6 cm³/mol. The minimum Gasteiger partial charge on any atom is -0.309 e. The Balaban J connectivity index is 2.13. The third kappa shape index (κ3) is 3.31. The maximum atomic E-state index is 2.33. The van der Waals surface area contributed by atoms with Crippen LogP contribution in [0.25, 0.3) is 10.8 Å². The molecule has 0 unspecified atom stereocenters. The number of benzene rings is 2. The van der Waals surface area contributed by atoms with Crippen molar-refractivity contribution in [2.75, 3.05) is 20.6 Å². The van der Waals surface area contributed by atoms with Gasteiger partial charge < -0.3 is 4.90 Å². The summed E-state index contributed by atoms with van der Waals surface area (Å²) in [6, 6.07) is 13.5. The molecule has 0 atom stereocenters. The molecule has 0 spiro atoms.